The van der Waals surface area contributed by atoms with Crippen LogP contribution in [0, 0.1) is 11.8 Å². The largest absolute Gasteiger partial charge is 0.423 e. The van der Waals surface area contributed by atoms with Crippen LogP contribution in [0.2, 0.25) is 0 Å². The summed E-state index contributed by atoms with van der Waals surface area (Å²) in [6.45, 7) is 8.55. The average Bonchev–Trinajstić information content (AvgIpc) is 2.95. The first kappa shape index (κ1) is 13.2. The Balaban J connectivity index is 1.85. The third-order valence-corrected chi connectivity index (χ3v) is 3.93. The highest BCUT2D eigenvalue weighted by atomic mass is 16.4. The van der Waals surface area contributed by atoms with E-state index in [1.165, 1.54) is 5.56 Å². The van der Waals surface area contributed by atoms with Gasteiger partial charge in [-0.2, -0.15) is 4.98 Å². The second-order valence-corrected chi connectivity index (χ2v) is 6.76. The molecule has 20 heavy (non-hydrogen) atoms. The van der Waals surface area contributed by atoms with Crippen molar-refractivity contribution in [2.45, 2.75) is 39.5 Å². The highest BCUT2D eigenvalue weighted by Gasteiger charge is 2.39. The number of aromatic nitrogens is 1. The lowest BCUT2D eigenvalue weighted by molar-refractivity contribution is -0.117. The molecule has 0 saturated heterocycles. The van der Waals surface area contributed by atoms with Gasteiger partial charge in [0.25, 0.3) is 0 Å². The number of hydrogen-bond acceptors (Lipinski definition) is 3. The first-order valence-electron chi connectivity index (χ1n) is 7.06. The molecule has 3 rings (SSSR count). The molecule has 0 radical (unpaired) electrons. The Morgan fingerprint density at radius 2 is 2.10 bits per heavy atom. The van der Waals surface area contributed by atoms with Crippen molar-refractivity contribution in [1.82, 2.24) is 4.98 Å². The van der Waals surface area contributed by atoms with Crippen molar-refractivity contribution in [2.24, 2.45) is 11.8 Å². The molecule has 1 fully saturated rings. The number of fused-ring (bicyclic) bond motifs is 1. The van der Waals surface area contributed by atoms with E-state index in [4.69, 9.17) is 4.42 Å². The van der Waals surface area contributed by atoms with E-state index in [0.717, 1.165) is 11.9 Å². The first-order chi connectivity index (χ1) is 9.34. The maximum absolute atomic E-state index is 11.9. The fourth-order valence-corrected chi connectivity index (χ4v) is 2.33. The van der Waals surface area contributed by atoms with Gasteiger partial charge in [0.2, 0.25) is 5.91 Å². The van der Waals surface area contributed by atoms with Crippen LogP contribution in [-0.2, 0) is 10.2 Å². The van der Waals surface area contributed by atoms with E-state index < -0.39 is 0 Å². The molecule has 4 heteroatoms. The Morgan fingerprint density at radius 3 is 2.70 bits per heavy atom. The van der Waals surface area contributed by atoms with Crippen molar-refractivity contribution >= 4 is 23.0 Å². The van der Waals surface area contributed by atoms with Crippen LogP contribution < -0.4 is 5.32 Å². The molecular formula is C16H20N2O2. The third-order valence-electron chi connectivity index (χ3n) is 3.93. The minimum atomic E-state index is 0.0140. The second-order valence-electron chi connectivity index (χ2n) is 6.76. The maximum Gasteiger partial charge on any atom is 0.302 e. The zero-order valence-corrected chi connectivity index (χ0v) is 12.4. The molecule has 0 spiro atoms. The summed E-state index contributed by atoms with van der Waals surface area (Å²) in [5.74, 6) is 0.613. The molecule has 1 aromatic heterocycles. The number of carbonyl (C=O) groups excluding carboxylic acids is 1. The maximum atomic E-state index is 11.9. The van der Waals surface area contributed by atoms with Crippen molar-refractivity contribution in [3.8, 4) is 0 Å². The summed E-state index contributed by atoms with van der Waals surface area (Å²) in [6, 6.07) is 6.28. The Hall–Kier alpha value is -1.84. The van der Waals surface area contributed by atoms with Gasteiger partial charge in [-0.15, -0.1) is 0 Å². The predicted molar refractivity (Wildman–Crippen MR) is 78.6 cm³/mol. The molecule has 1 amide bonds. The SMILES string of the molecule is C[C@@H]1C[C@H]1C(=O)Nc1nc2cc(C(C)(C)C)ccc2o1. The van der Waals surface area contributed by atoms with E-state index >= 15 is 0 Å². The van der Waals surface area contributed by atoms with Gasteiger partial charge in [0, 0.05) is 5.92 Å². The number of amides is 1. The molecule has 1 heterocycles. The molecule has 106 valence electrons. The summed E-state index contributed by atoms with van der Waals surface area (Å²) < 4.78 is 5.58. The number of benzene rings is 1. The van der Waals surface area contributed by atoms with Crippen LogP contribution in [0.3, 0.4) is 0 Å². The Kier molecular flexibility index (Phi) is 2.85. The molecule has 2 aromatic rings. The molecular weight excluding hydrogens is 252 g/mol. The van der Waals surface area contributed by atoms with Crippen LogP contribution >= 0.6 is 0 Å². The van der Waals surface area contributed by atoms with Crippen LogP contribution in [-0.4, -0.2) is 10.9 Å². The van der Waals surface area contributed by atoms with E-state index in [2.05, 4.69) is 38.0 Å². The standard InChI is InChI=1S/C16H20N2O2/c1-9-7-11(9)14(19)18-15-17-12-8-10(16(2,3)4)5-6-13(12)20-15/h5-6,8-9,11H,7H2,1-4H3,(H,17,18,19)/t9-,11-/m1/s1. The van der Waals surface area contributed by atoms with Crippen molar-refractivity contribution in [1.29, 1.82) is 0 Å². The summed E-state index contributed by atoms with van der Waals surface area (Å²) in [6.07, 6.45) is 0.959. The third kappa shape index (κ3) is 2.42. The Bertz CT molecular complexity index is 667. The Labute approximate surface area is 118 Å². The molecule has 1 saturated carbocycles. The monoisotopic (exact) mass is 272 g/mol. The van der Waals surface area contributed by atoms with E-state index in [-0.39, 0.29) is 17.2 Å². The lowest BCUT2D eigenvalue weighted by Crippen LogP contribution is -2.14. The van der Waals surface area contributed by atoms with Gasteiger partial charge in [0.1, 0.15) is 5.52 Å². The topological polar surface area (TPSA) is 55.1 Å². The Morgan fingerprint density at radius 1 is 1.40 bits per heavy atom. The van der Waals surface area contributed by atoms with Crippen molar-refractivity contribution in [2.75, 3.05) is 5.32 Å². The first-order valence-corrected chi connectivity index (χ1v) is 7.06. The quantitative estimate of drug-likeness (QED) is 0.906. The van der Waals surface area contributed by atoms with Crippen molar-refractivity contribution in [3.63, 3.8) is 0 Å². The number of nitrogens with one attached hydrogen (secondary N) is 1. The van der Waals surface area contributed by atoms with E-state index in [0.29, 0.717) is 17.5 Å². The number of anilines is 1. The highest BCUT2D eigenvalue weighted by molar-refractivity contribution is 5.93. The zero-order valence-electron chi connectivity index (χ0n) is 12.4. The number of oxazole rings is 1. The van der Waals surface area contributed by atoms with Gasteiger partial charge < -0.3 is 4.42 Å². The summed E-state index contributed by atoms with van der Waals surface area (Å²) >= 11 is 0. The summed E-state index contributed by atoms with van der Waals surface area (Å²) in [5, 5.41) is 2.77. The normalized spacial score (nSPS) is 22.0. The molecule has 2 atom stereocenters. The fourth-order valence-electron chi connectivity index (χ4n) is 2.33. The van der Waals surface area contributed by atoms with Crippen LogP contribution in [0.5, 0.6) is 0 Å². The summed E-state index contributed by atoms with van der Waals surface area (Å²) in [4.78, 5) is 16.2. The van der Waals surface area contributed by atoms with Crippen molar-refractivity contribution in [3.05, 3.63) is 23.8 Å². The van der Waals surface area contributed by atoms with Gasteiger partial charge in [-0.05, 0) is 35.4 Å². The number of hydrogen-bond donors (Lipinski definition) is 1. The zero-order chi connectivity index (χ0) is 14.5. The average molecular weight is 272 g/mol. The number of nitrogens with zero attached hydrogens (tertiary/aromatic N) is 1. The van der Waals surface area contributed by atoms with Crippen molar-refractivity contribution < 1.29 is 9.21 Å². The molecule has 1 N–H and O–H groups in total. The lowest BCUT2D eigenvalue weighted by Gasteiger charge is -2.18. The summed E-state index contributed by atoms with van der Waals surface area (Å²) in [7, 11) is 0. The predicted octanol–water partition coefficient (Wildman–Crippen LogP) is 3.72. The van der Waals surface area contributed by atoms with Gasteiger partial charge >= 0.3 is 6.01 Å². The molecule has 0 unspecified atom stereocenters. The van der Waals surface area contributed by atoms with Gasteiger partial charge in [-0.3, -0.25) is 10.1 Å². The van der Waals surface area contributed by atoms with Gasteiger partial charge in [-0.1, -0.05) is 33.8 Å². The van der Waals surface area contributed by atoms with Crippen LogP contribution in [0.1, 0.15) is 39.7 Å². The summed E-state index contributed by atoms with van der Waals surface area (Å²) in [5.41, 5.74) is 2.76. The highest BCUT2D eigenvalue weighted by Crippen LogP contribution is 2.38. The van der Waals surface area contributed by atoms with Gasteiger partial charge in [-0.25, -0.2) is 0 Å². The van der Waals surface area contributed by atoms with Crippen LogP contribution in [0.4, 0.5) is 6.01 Å². The minimum absolute atomic E-state index is 0.0140. The lowest BCUT2D eigenvalue weighted by atomic mass is 9.87. The fraction of sp³-hybridized carbons (Fsp3) is 0.500. The molecule has 4 nitrogen and oxygen atoms in total. The number of carbonyl (C=O) groups is 1. The molecule has 1 aromatic carbocycles. The van der Waals surface area contributed by atoms with E-state index in [1.807, 2.05) is 18.2 Å². The molecule has 1 aliphatic rings. The van der Waals surface area contributed by atoms with Crippen LogP contribution in [0.15, 0.2) is 22.6 Å². The smallest absolute Gasteiger partial charge is 0.302 e. The second kappa shape index (κ2) is 4.33. The van der Waals surface area contributed by atoms with Crippen LogP contribution in [0.25, 0.3) is 11.1 Å². The van der Waals surface area contributed by atoms with E-state index in [9.17, 15) is 4.79 Å². The molecule has 0 aliphatic heterocycles. The van der Waals surface area contributed by atoms with Gasteiger partial charge in [0.05, 0.1) is 0 Å². The number of rotatable bonds is 2. The van der Waals surface area contributed by atoms with E-state index in [1.54, 1.807) is 0 Å². The van der Waals surface area contributed by atoms with Gasteiger partial charge in [0.15, 0.2) is 5.58 Å². The molecule has 0 bridgehead atoms. The minimum Gasteiger partial charge on any atom is -0.423 e. The molecule has 1 aliphatic carbocycles.